The fourth-order valence-electron chi connectivity index (χ4n) is 2.70. The van der Waals surface area contributed by atoms with E-state index in [1.165, 1.54) is 11.1 Å². The van der Waals surface area contributed by atoms with Crippen molar-refractivity contribution in [2.75, 3.05) is 0 Å². The first-order chi connectivity index (χ1) is 9.13. The maximum absolute atomic E-state index is 11.1. The Kier molecular flexibility index (Phi) is 5.04. The van der Waals surface area contributed by atoms with Crippen molar-refractivity contribution in [3.63, 3.8) is 0 Å². The van der Waals surface area contributed by atoms with Crippen LogP contribution >= 0.6 is 35.6 Å². The third-order valence-corrected chi connectivity index (χ3v) is 4.08. The predicted molar refractivity (Wildman–Crippen MR) is 90.8 cm³/mol. The van der Waals surface area contributed by atoms with Crippen molar-refractivity contribution in [1.29, 1.82) is 0 Å². The molecular formula is C14H17ClIN3O. The molecule has 1 aliphatic heterocycles. The second-order valence-corrected chi connectivity index (χ2v) is 5.60. The molecule has 0 spiro atoms. The number of nitrogens with one attached hydrogen (secondary N) is 1. The molecule has 0 fully saturated rings. The summed E-state index contributed by atoms with van der Waals surface area (Å²) < 4.78 is 0. The van der Waals surface area contributed by atoms with Gasteiger partial charge in [0.05, 0.1) is 5.71 Å². The summed E-state index contributed by atoms with van der Waals surface area (Å²) in [7, 11) is 0. The van der Waals surface area contributed by atoms with Crippen molar-refractivity contribution in [2.45, 2.75) is 38.1 Å². The van der Waals surface area contributed by atoms with Crippen molar-refractivity contribution in [3.05, 3.63) is 33.8 Å². The summed E-state index contributed by atoms with van der Waals surface area (Å²) in [5, 5.41) is 4.81. The Morgan fingerprint density at radius 3 is 2.75 bits per heavy atom. The topological polar surface area (TPSA) is 67.5 Å². The van der Waals surface area contributed by atoms with Gasteiger partial charge in [-0.25, -0.2) is 5.43 Å². The molecule has 0 saturated heterocycles. The van der Waals surface area contributed by atoms with Gasteiger partial charge in [-0.1, -0.05) is 11.6 Å². The van der Waals surface area contributed by atoms with Gasteiger partial charge in [0.2, 0.25) is 5.91 Å². The van der Waals surface area contributed by atoms with Crippen molar-refractivity contribution < 1.29 is 4.79 Å². The van der Waals surface area contributed by atoms with Crippen LogP contribution in [0.4, 0.5) is 0 Å². The third-order valence-electron chi connectivity index (χ3n) is 3.77. The van der Waals surface area contributed by atoms with E-state index in [1.807, 2.05) is 6.07 Å². The number of halogens is 2. The lowest BCUT2D eigenvalue weighted by Gasteiger charge is -2.23. The number of nitrogens with two attached hydrogens (primary N) is 1. The van der Waals surface area contributed by atoms with Crippen LogP contribution in [0.5, 0.6) is 0 Å². The lowest BCUT2D eigenvalue weighted by Crippen LogP contribution is -2.29. The van der Waals surface area contributed by atoms with E-state index < -0.39 is 0 Å². The molecule has 3 rings (SSSR count). The normalized spacial score (nSPS) is 21.4. The van der Waals surface area contributed by atoms with Gasteiger partial charge in [0.1, 0.15) is 0 Å². The summed E-state index contributed by atoms with van der Waals surface area (Å²) >= 11 is 6.34. The molecule has 1 unspecified atom stereocenters. The number of hydrogen-bond acceptors (Lipinski definition) is 3. The number of fused-ring (bicyclic) bond motifs is 1. The highest BCUT2D eigenvalue weighted by Crippen LogP contribution is 2.29. The average molecular weight is 406 g/mol. The first-order valence-electron chi connectivity index (χ1n) is 6.56. The van der Waals surface area contributed by atoms with Crippen molar-refractivity contribution in [2.24, 2.45) is 10.8 Å². The molecule has 2 aliphatic rings. The van der Waals surface area contributed by atoms with E-state index in [2.05, 4.69) is 16.6 Å². The van der Waals surface area contributed by atoms with Gasteiger partial charge in [-0.3, -0.25) is 4.79 Å². The number of amides is 1. The number of carbonyl (C=O) groups excluding carboxylic acids is 1. The van der Waals surface area contributed by atoms with Crippen LogP contribution in [0.2, 0.25) is 5.02 Å². The van der Waals surface area contributed by atoms with E-state index in [1.54, 1.807) is 0 Å². The second-order valence-electron chi connectivity index (χ2n) is 5.20. The Labute approximate surface area is 140 Å². The molecule has 1 aromatic carbocycles. The molecule has 0 aromatic heterocycles. The Morgan fingerprint density at radius 1 is 1.25 bits per heavy atom. The van der Waals surface area contributed by atoms with Crippen molar-refractivity contribution in [1.82, 2.24) is 5.43 Å². The van der Waals surface area contributed by atoms with Crippen LogP contribution in [0.25, 0.3) is 0 Å². The molecule has 4 nitrogen and oxygen atoms in total. The van der Waals surface area contributed by atoms with Crippen LogP contribution in [0, 0.1) is 0 Å². The first-order valence-corrected chi connectivity index (χ1v) is 6.94. The Hall–Kier alpha value is -0.660. The zero-order chi connectivity index (χ0) is 13.4. The summed E-state index contributed by atoms with van der Waals surface area (Å²) in [5.74, 6) is -0.0381. The Bertz CT molecular complexity index is 574. The average Bonchev–Trinajstić information content (AvgIpc) is 2.39. The fourth-order valence-corrected chi connectivity index (χ4v) is 2.99. The molecule has 3 N–H and O–H groups in total. The Balaban J connectivity index is 0.00000147. The number of aryl methyl sites for hydroxylation is 1. The summed E-state index contributed by atoms with van der Waals surface area (Å²) in [6.07, 6.45) is 4.00. The van der Waals surface area contributed by atoms with Gasteiger partial charge in [-0.2, -0.15) is 5.10 Å². The zero-order valence-corrected chi connectivity index (χ0v) is 14.1. The lowest BCUT2D eigenvalue weighted by atomic mass is 9.86. The van der Waals surface area contributed by atoms with Crippen LogP contribution in [0.1, 0.15) is 36.0 Å². The molecule has 6 heteroatoms. The number of benzene rings is 1. The van der Waals surface area contributed by atoms with Gasteiger partial charge < -0.3 is 5.73 Å². The smallest absolute Gasteiger partial charge is 0.240 e. The van der Waals surface area contributed by atoms with Gasteiger partial charge in [-0.05, 0) is 42.5 Å². The van der Waals surface area contributed by atoms with Gasteiger partial charge in [-0.15, -0.1) is 24.0 Å². The molecule has 1 heterocycles. The van der Waals surface area contributed by atoms with Crippen LogP contribution in [0.15, 0.2) is 17.2 Å². The minimum atomic E-state index is -0.0381. The largest absolute Gasteiger partial charge is 0.327 e. The molecule has 0 saturated carbocycles. The quantitative estimate of drug-likeness (QED) is 0.705. The molecular weight excluding hydrogens is 389 g/mol. The van der Waals surface area contributed by atoms with E-state index in [-0.39, 0.29) is 35.9 Å². The van der Waals surface area contributed by atoms with Crippen LogP contribution in [-0.4, -0.2) is 17.7 Å². The summed E-state index contributed by atoms with van der Waals surface area (Å²) in [4.78, 5) is 11.1. The number of hydrazone groups is 1. The van der Waals surface area contributed by atoms with Gasteiger partial charge in [0.25, 0.3) is 0 Å². The highest BCUT2D eigenvalue weighted by molar-refractivity contribution is 14.0. The molecule has 1 aliphatic carbocycles. The fraction of sp³-hybridized carbons (Fsp3) is 0.429. The first kappa shape index (κ1) is 15.7. The number of rotatable bonds is 1. The number of nitrogens with zero attached hydrogens (tertiary/aromatic N) is 1. The standard InChI is InChI=1S/C14H16ClN3O.HI/c15-12-7-9-5-10(16)2-1-8(9)6-11(12)13-3-4-14(19)18-17-13;/h6-7,10H,1-5,16H2,(H,18,19);1H. The summed E-state index contributed by atoms with van der Waals surface area (Å²) in [5.41, 5.74) is 12.9. The van der Waals surface area contributed by atoms with Crippen LogP contribution in [-0.2, 0) is 17.6 Å². The minimum Gasteiger partial charge on any atom is -0.327 e. The molecule has 0 bridgehead atoms. The van der Waals surface area contributed by atoms with Crippen LogP contribution in [0.3, 0.4) is 0 Å². The van der Waals surface area contributed by atoms with Gasteiger partial charge in [0.15, 0.2) is 0 Å². The zero-order valence-electron chi connectivity index (χ0n) is 11.0. The maximum atomic E-state index is 11.1. The minimum absolute atomic E-state index is 0. The molecule has 1 amide bonds. The number of carbonyl (C=O) groups is 1. The predicted octanol–water partition coefficient (Wildman–Crippen LogP) is 2.39. The number of hydrogen-bond donors (Lipinski definition) is 2. The summed E-state index contributed by atoms with van der Waals surface area (Å²) in [6, 6.07) is 4.35. The molecule has 1 atom stereocenters. The second kappa shape index (κ2) is 6.41. The summed E-state index contributed by atoms with van der Waals surface area (Å²) in [6.45, 7) is 0. The van der Waals surface area contributed by atoms with E-state index >= 15 is 0 Å². The van der Waals surface area contributed by atoms with Gasteiger partial charge in [0, 0.05) is 29.5 Å². The van der Waals surface area contributed by atoms with Crippen molar-refractivity contribution >= 4 is 47.2 Å². The molecule has 1 aromatic rings. The molecule has 108 valence electrons. The molecule has 20 heavy (non-hydrogen) atoms. The van der Waals surface area contributed by atoms with Crippen LogP contribution < -0.4 is 11.2 Å². The highest BCUT2D eigenvalue weighted by atomic mass is 127. The van der Waals surface area contributed by atoms with Crippen molar-refractivity contribution in [3.8, 4) is 0 Å². The monoisotopic (exact) mass is 405 g/mol. The molecule has 0 radical (unpaired) electrons. The van der Waals surface area contributed by atoms with Gasteiger partial charge >= 0.3 is 0 Å². The third kappa shape index (κ3) is 3.15. The Morgan fingerprint density at radius 2 is 2.05 bits per heavy atom. The van der Waals surface area contributed by atoms with E-state index in [0.717, 1.165) is 30.5 Å². The maximum Gasteiger partial charge on any atom is 0.240 e. The van der Waals surface area contributed by atoms with E-state index in [4.69, 9.17) is 17.3 Å². The lowest BCUT2D eigenvalue weighted by molar-refractivity contribution is -0.121. The highest BCUT2D eigenvalue weighted by Gasteiger charge is 2.21. The van der Waals surface area contributed by atoms with E-state index in [0.29, 0.717) is 17.9 Å². The van der Waals surface area contributed by atoms with E-state index in [9.17, 15) is 4.79 Å². The SMILES string of the molecule is I.NC1CCc2cc(C3=NNC(=O)CC3)c(Cl)cc2C1.